The quantitative estimate of drug-likeness (QED) is 0.629. The molecule has 102 valence electrons. The fourth-order valence-electron chi connectivity index (χ4n) is 1.65. The zero-order chi connectivity index (χ0) is 14.5. The minimum absolute atomic E-state index is 0.0183. The number of halogens is 2. The molecule has 2 aromatic rings. The van der Waals surface area contributed by atoms with E-state index in [4.69, 9.17) is 23.2 Å². The van der Waals surface area contributed by atoms with E-state index >= 15 is 0 Å². The van der Waals surface area contributed by atoms with Crippen LogP contribution in [-0.2, 0) is 11.2 Å². The Hall–Kier alpha value is -1.78. The highest BCUT2D eigenvalue weighted by atomic mass is 35.5. The summed E-state index contributed by atoms with van der Waals surface area (Å²) < 4.78 is 0. The summed E-state index contributed by atoms with van der Waals surface area (Å²) in [6, 6.07) is 6.34. The van der Waals surface area contributed by atoms with E-state index in [1.54, 1.807) is 24.5 Å². The van der Waals surface area contributed by atoms with Crippen molar-refractivity contribution < 1.29 is 9.59 Å². The molecule has 0 spiro atoms. The van der Waals surface area contributed by atoms with Crippen molar-refractivity contribution in [2.45, 2.75) is 12.8 Å². The second-order valence-corrected chi connectivity index (χ2v) is 4.83. The van der Waals surface area contributed by atoms with Gasteiger partial charge in [0.2, 0.25) is 11.6 Å². The average Bonchev–Trinajstić information content (AvgIpc) is 2.45. The van der Waals surface area contributed by atoms with E-state index in [-0.39, 0.29) is 22.0 Å². The van der Waals surface area contributed by atoms with Crippen molar-refractivity contribution in [1.82, 2.24) is 9.97 Å². The number of hydrogen-bond donors (Lipinski definition) is 0. The van der Waals surface area contributed by atoms with E-state index in [0.717, 1.165) is 0 Å². The minimum atomic E-state index is -0.684. The van der Waals surface area contributed by atoms with Gasteiger partial charge in [-0.15, -0.1) is 0 Å². The molecule has 0 aliphatic rings. The van der Waals surface area contributed by atoms with Gasteiger partial charge in [0, 0.05) is 25.2 Å². The molecule has 0 fully saturated rings. The standard InChI is InChI=1S/C14H10Cl2N2O2/c15-9-3-1-4-10(16)13(9)14(20)11(19)5-6-12-17-7-2-8-18-12/h1-4,7-8H,5-6H2. The van der Waals surface area contributed by atoms with Crippen LogP contribution in [-0.4, -0.2) is 21.5 Å². The maximum absolute atomic E-state index is 12.0. The number of carbonyl (C=O) groups is 2. The van der Waals surface area contributed by atoms with Crippen molar-refractivity contribution >= 4 is 34.8 Å². The normalized spacial score (nSPS) is 10.3. The molecule has 1 aromatic heterocycles. The number of Topliss-reactive ketones (excluding diaryl/α,β-unsaturated/α-hetero) is 2. The molecule has 0 saturated carbocycles. The molecule has 0 N–H and O–H groups in total. The summed E-state index contributed by atoms with van der Waals surface area (Å²) in [5.41, 5.74) is 0.0508. The smallest absolute Gasteiger partial charge is 0.231 e. The van der Waals surface area contributed by atoms with E-state index in [2.05, 4.69) is 9.97 Å². The summed E-state index contributed by atoms with van der Waals surface area (Å²) in [7, 11) is 0. The highest BCUT2D eigenvalue weighted by Crippen LogP contribution is 2.25. The Kier molecular flexibility index (Phi) is 4.82. The summed E-state index contributed by atoms with van der Waals surface area (Å²) >= 11 is 11.8. The van der Waals surface area contributed by atoms with Crippen LogP contribution in [0.1, 0.15) is 22.6 Å². The predicted octanol–water partition coefficient (Wildman–Crippen LogP) is 3.17. The highest BCUT2D eigenvalue weighted by Gasteiger charge is 2.21. The van der Waals surface area contributed by atoms with Crippen molar-refractivity contribution in [3.05, 3.63) is 58.1 Å². The van der Waals surface area contributed by atoms with Gasteiger partial charge in [0.25, 0.3) is 0 Å². The molecule has 6 heteroatoms. The SMILES string of the molecule is O=C(CCc1ncccn1)C(=O)c1c(Cl)cccc1Cl. The third-order valence-corrected chi connectivity index (χ3v) is 3.27. The molecule has 0 amide bonds. The van der Waals surface area contributed by atoms with Crippen LogP contribution in [0.3, 0.4) is 0 Å². The number of rotatable bonds is 5. The summed E-state index contributed by atoms with van der Waals surface area (Å²) in [5, 5.41) is 0.346. The molecule has 2 rings (SSSR count). The van der Waals surface area contributed by atoms with Crippen molar-refractivity contribution in [3.63, 3.8) is 0 Å². The summed E-state index contributed by atoms with van der Waals surface area (Å²) in [4.78, 5) is 31.9. The molecule has 20 heavy (non-hydrogen) atoms. The van der Waals surface area contributed by atoms with E-state index in [9.17, 15) is 9.59 Å². The van der Waals surface area contributed by atoms with Gasteiger partial charge in [-0.05, 0) is 18.2 Å². The maximum atomic E-state index is 12.0. The molecular formula is C14H10Cl2N2O2. The molecule has 0 unspecified atom stereocenters. The number of aryl methyl sites for hydroxylation is 1. The van der Waals surface area contributed by atoms with Gasteiger partial charge in [0.05, 0.1) is 15.6 Å². The molecule has 0 aliphatic heterocycles. The fraction of sp³-hybridized carbons (Fsp3) is 0.143. The lowest BCUT2D eigenvalue weighted by atomic mass is 10.0. The highest BCUT2D eigenvalue weighted by molar-refractivity contribution is 6.51. The van der Waals surface area contributed by atoms with Gasteiger partial charge in [-0.25, -0.2) is 9.97 Å². The number of carbonyl (C=O) groups excluding carboxylic acids is 2. The topological polar surface area (TPSA) is 59.9 Å². The fourth-order valence-corrected chi connectivity index (χ4v) is 2.22. The summed E-state index contributed by atoms with van der Waals surface area (Å²) in [5.74, 6) is -0.733. The van der Waals surface area contributed by atoms with Crippen LogP contribution in [0.2, 0.25) is 10.0 Å². The van der Waals surface area contributed by atoms with Crippen LogP contribution in [0, 0.1) is 0 Å². The van der Waals surface area contributed by atoms with Gasteiger partial charge in [0.1, 0.15) is 5.82 Å². The lowest BCUT2D eigenvalue weighted by molar-refractivity contribution is -0.115. The largest absolute Gasteiger partial charge is 0.290 e. The van der Waals surface area contributed by atoms with Crippen molar-refractivity contribution in [3.8, 4) is 0 Å². The molecule has 0 atom stereocenters. The Morgan fingerprint density at radius 1 is 1.00 bits per heavy atom. The van der Waals surface area contributed by atoms with Gasteiger partial charge >= 0.3 is 0 Å². The van der Waals surface area contributed by atoms with Crippen LogP contribution in [0.4, 0.5) is 0 Å². The van der Waals surface area contributed by atoms with Crippen LogP contribution in [0.5, 0.6) is 0 Å². The number of hydrogen-bond acceptors (Lipinski definition) is 4. The van der Waals surface area contributed by atoms with Crippen LogP contribution in [0.15, 0.2) is 36.7 Å². The third kappa shape index (κ3) is 3.40. The summed E-state index contributed by atoms with van der Waals surface area (Å²) in [6.07, 6.45) is 3.48. The van der Waals surface area contributed by atoms with Gasteiger partial charge in [-0.1, -0.05) is 29.3 Å². The van der Waals surface area contributed by atoms with Crippen LogP contribution in [0.25, 0.3) is 0 Å². The second-order valence-electron chi connectivity index (χ2n) is 4.01. The molecule has 0 aliphatic carbocycles. The molecule has 1 heterocycles. The van der Waals surface area contributed by atoms with Crippen LogP contribution < -0.4 is 0 Å². The average molecular weight is 309 g/mol. The van der Waals surface area contributed by atoms with Crippen molar-refractivity contribution in [1.29, 1.82) is 0 Å². The number of aromatic nitrogens is 2. The lowest BCUT2D eigenvalue weighted by Gasteiger charge is -2.04. The predicted molar refractivity (Wildman–Crippen MR) is 76.2 cm³/mol. The maximum Gasteiger partial charge on any atom is 0.231 e. The Labute approximate surface area is 125 Å². The zero-order valence-electron chi connectivity index (χ0n) is 10.3. The minimum Gasteiger partial charge on any atom is -0.290 e. The van der Waals surface area contributed by atoms with Gasteiger partial charge in [-0.2, -0.15) is 0 Å². The molecular weight excluding hydrogens is 299 g/mol. The third-order valence-electron chi connectivity index (χ3n) is 2.64. The zero-order valence-corrected chi connectivity index (χ0v) is 11.9. The van der Waals surface area contributed by atoms with Crippen molar-refractivity contribution in [2.75, 3.05) is 0 Å². The number of benzene rings is 1. The van der Waals surface area contributed by atoms with Gasteiger partial charge in [0.15, 0.2) is 0 Å². The van der Waals surface area contributed by atoms with Crippen LogP contribution >= 0.6 is 23.2 Å². The van der Waals surface area contributed by atoms with E-state index in [1.807, 2.05) is 0 Å². The molecule has 0 saturated heterocycles. The monoisotopic (exact) mass is 308 g/mol. The van der Waals surface area contributed by atoms with E-state index in [1.165, 1.54) is 12.1 Å². The second kappa shape index (κ2) is 6.59. The first-order valence-corrected chi connectivity index (χ1v) is 6.62. The van der Waals surface area contributed by atoms with E-state index in [0.29, 0.717) is 12.2 Å². The lowest BCUT2D eigenvalue weighted by Crippen LogP contribution is -2.16. The first kappa shape index (κ1) is 14.6. The molecule has 0 bridgehead atoms. The Morgan fingerprint density at radius 2 is 1.60 bits per heavy atom. The van der Waals surface area contributed by atoms with Gasteiger partial charge < -0.3 is 0 Å². The van der Waals surface area contributed by atoms with Crippen molar-refractivity contribution in [2.24, 2.45) is 0 Å². The number of nitrogens with zero attached hydrogens (tertiary/aromatic N) is 2. The van der Waals surface area contributed by atoms with Gasteiger partial charge in [-0.3, -0.25) is 9.59 Å². The Balaban J connectivity index is 2.08. The molecule has 4 nitrogen and oxygen atoms in total. The first-order chi connectivity index (χ1) is 9.59. The molecule has 1 aromatic carbocycles. The number of ketones is 2. The summed E-state index contributed by atoms with van der Waals surface area (Å²) in [6.45, 7) is 0. The Morgan fingerprint density at radius 3 is 2.20 bits per heavy atom. The first-order valence-electron chi connectivity index (χ1n) is 5.87. The molecule has 0 radical (unpaired) electrons. The van der Waals surface area contributed by atoms with E-state index < -0.39 is 11.6 Å². The Bertz CT molecular complexity index is 625.